The highest BCUT2D eigenvalue weighted by Gasteiger charge is 2.20. The molecule has 1 saturated heterocycles. The number of aryl methyl sites for hydroxylation is 1. The maximum atomic E-state index is 5.54. The summed E-state index contributed by atoms with van der Waals surface area (Å²) in [5.41, 5.74) is 2.20. The number of nitrogens with one attached hydrogen (secondary N) is 1. The largest absolute Gasteiger partial charge is 0.345 e. The van der Waals surface area contributed by atoms with Crippen molar-refractivity contribution in [2.75, 3.05) is 36.4 Å². The summed E-state index contributed by atoms with van der Waals surface area (Å²) >= 11 is 9.05. The first-order chi connectivity index (χ1) is 11.1. The average Bonchev–Trinajstić information content (AvgIpc) is 2.59. The Bertz CT molecular complexity index is 686. The van der Waals surface area contributed by atoms with Gasteiger partial charge in [-0.15, -0.1) is 0 Å². The molecule has 0 radical (unpaired) electrons. The Morgan fingerprint density at radius 1 is 1.17 bits per heavy atom. The van der Waals surface area contributed by atoms with E-state index in [2.05, 4.69) is 54.0 Å². The molecule has 120 valence electrons. The molecule has 23 heavy (non-hydrogen) atoms. The third-order valence-electron chi connectivity index (χ3n) is 3.81. The van der Waals surface area contributed by atoms with Crippen LogP contribution >= 0.6 is 28.1 Å². The van der Waals surface area contributed by atoms with Crippen LogP contribution in [0, 0.1) is 6.92 Å². The number of benzene rings is 1. The Balaban J connectivity index is 1.57. The molecule has 0 amide bonds. The molecule has 7 heteroatoms. The van der Waals surface area contributed by atoms with Crippen molar-refractivity contribution < 1.29 is 0 Å². The molecule has 0 aliphatic carbocycles. The van der Waals surface area contributed by atoms with Crippen molar-refractivity contribution in [1.82, 2.24) is 14.9 Å². The van der Waals surface area contributed by atoms with Crippen molar-refractivity contribution >= 4 is 44.9 Å². The number of anilines is 2. The zero-order chi connectivity index (χ0) is 16.2. The van der Waals surface area contributed by atoms with E-state index in [0.29, 0.717) is 0 Å². The molecule has 2 heterocycles. The molecule has 0 atom stereocenters. The van der Waals surface area contributed by atoms with Crippen LogP contribution in [0.25, 0.3) is 0 Å². The van der Waals surface area contributed by atoms with Gasteiger partial charge in [0.05, 0.1) is 0 Å². The topological polar surface area (TPSA) is 44.3 Å². The van der Waals surface area contributed by atoms with Crippen LogP contribution in [0.15, 0.2) is 41.1 Å². The lowest BCUT2D eigenvalue weighted by atomic mass is 10.2. The summed E-state index contributed by atoms with van der Waals surface area (Å²) < 4.78 is 1.10. The standard InChI is InChI=1S/C16H18BrN5S/c1-12-11-13(3-4-14(12)17)20-16(23)22-9-7-21(8-10-22)15-18-5-2-6-19-15/h2-6,11H,7-10H2,1H3,(H,20,23). The van der Waals surface area contributed by atoms with E-state index >= 15 is 0 Å². The number of nitrogens with zero attached hydrogens (tertiary/aromatic N) is 4. The second-order valence-electron chi connectivity index (χ2n) is 5.42. The highest BCUT2D eigenvalue weighted by atomic mass is 79.9. The first kappa shape index (κ1) is 16.1. The van der Waals surface area contributed by atoms with Gasteiger partial charge in [0.2, 0.25) is 5.95 Å². The van der Waals surface area contributed by atoms with Crippen molar-refractivity contribution in [2.24, 2.45) is 0 Å². The Morgan fingerprint density at radius 3 is 2.52 bits per heavy atom. The van der Waals surface area contributed by atoms with E-state index in [1.54, 1.807) is 12.4 Å². The fourth-order valence-electron chi connectivity index (χ4n) is 2.49. The van der Waals surface area contributed by atoms with E-state index in [-0.39, 0.29) is 0 Å². The van der Waals surface area contributed by atoms with Crippen LogP contribution in [-0.2, 0) is 0 Å². The SMILES string of the molecule is Cc1cc(NC(=S)N2CCN(c3ncccn3)CC2)ccc1Br. The fraction of sp³-hybridized carbons (Fsp3) is 0.312. The van der Waals surface area contributed by atoms with Gasteiger partial charge >= 0.3 is 0 Å². The van der Waals surface area contributed by atoms with E-state index in [1.807, 2.05) is 18.2 Å². The number of halogens is 1. The second-order valence-corrected chi connectivity index (χ2v) is 6.66. The van der Waals surface area contributed by atoms with Gasteiger partial charge in [-0.3, -0.25) is 0 Å². The smallest absolute Gasteiger partial charge is 0.225 e. The van der Waals surface area contributed by atoms with Gasteiger partial charge in [-0.05, 0) is 49.0 Å². The van der Waals surface area contributed by atoms with Gasteiger partial charge in [-0.1, -0.05) is 15.9 Å². The molecular weight excluding hydrogens is 374 g/mol. The van der Waals surface area contributed by atoms with E-state index in [4.69, 9.17) is 12.2 Å². The van der Waals surface area contributed by atoms with Crippen molar-refractivity contribution in [3.63, 3.8) is 0 Å². The monoisotopic (exact) mass is 391 g/mol. The molecule has 0 spiro atoms. The van der Waals surface area contributed by atoms with Crippen LogP contribution < -0.4 is 10.2 Å². The number of hydrogen-bond donors (Lipinski definition) is 1. The summed E-state index contributed by atoms with van der Waals surface area (Å²) in [6, 6.07) is 7.98. The number of hydrogen-bond acceptors (Lipinski definition) is 4. The van der Waals surface area contributed by atoms with Crippen molar-refractivity contribution in [1.29, 1.82) is 0 Å². The van der Waals surface area contributed by atoms with Gasteiger partial charge in [-0.25, -0.2) is 9.97 Å². The van der Waals surface area contributed by atoms with Crippen LogP contribution in [0.3, 0.4) is 0 Å². The predicted octanol–water partition coefficient (Wildman–Crippen LogP) is 3.07. The molecule has 3 rings (SSSR count). The molecule has 0 unspecified atom stereocenters. The summed E-state index contributed by atoms with van der Waals surface area (Å²) in [5, 5.41) is 4.09. The number of aromatic nitrogens is 2. The molecule has 1 aromatic heterocycles. The molecule has 1 fully saturated rings. The minimum absolute atomic E-state index is 0.764. The molecule has 1 aromatic carbocycles. The minimum atomic E-state index is 0.764. The number of thiocarbonyl (C=S) groups is 1. The molecule has 1 aliphatic rings. The van der Waals surface area contributed by atoms with Crippen LogP contribution in [0.4, 0.5) is 11.6 Å². The van der Waals surface area contributed by atoms with Crippen LogP contribution in [0.2, 0.25) is 0 Å². The normalized spacial score (nSPS) is 14.7. The first-order valence-corrected chi connectivity index (χ1v) is 8.67. The number of piperazine rings is 1. The van der Waals surface area contributed by atoms with Crippen molar-refractivity contribution in [2.45, 2.75) is 6.92 Å². The maximum Gasteiger partial charge on any atom is 0.225 e. The van der Waals surface area contributed by atoms with Crippen LogP contribution in [0.5, 0.6) is 0 Å². The summed E-state index contributed by atoms with van der Waals surface area (Å²) in [6.07, 6.45) is 3.55. The van der Waals surface area contributed by atoms with Gasteiger partial charge in [-0.2, -0.15) is 0 Å². The lowest BCUT2D eigenvalue weighted by molar-refractivity contribution is 0.388. The average molecular weight is 392 g/mol. The molecular formula is C16H18BrN5S. The van der Waals surface area contributed by atoms with E-state index in [0.717, 1.165) is 47.4 Å². The molecule has 2 aromatic rings. The van der Waals surface area contributed by atoms with Gasteiger partial charge in [0.25, 0.3) is 0 Å². The zero-order valence-corrected chi connectivity index (χ0v) is 15.3. The van der Waals surface area contributed by atoms with Gasteiger partial charge < -0.3 is 15.1 Å². The Hall–Kier alpha value is -1.73. The van der Waals surface area contributed by atoms with Crippen molar-refractivity contribution in [3.8, 4) is 0 Å². The molecule has 5 nitrogen and oxygen atoms in total. The van der Waals surface area contributed by atoms with Crippen molar-refractivity contribution in [3.05, 3.63) is 46.7 Å². The summed E-state index contributed by atoms with van der Waals surface area (Å²) in [6.45, 7) is 5.52. The Morgan fingerprint density at radius 2 is 1.87 bits per heavy atom. The van der Waals surface area contributed by atoms with Gasteiger partial charge in [0.15, 0.2) is 5.11 Å². The molecule has 1 N–H and O–H groups in total. The van der Waals surface area contributed by atoms with Gasteiger partial charge in [0, 0.05) is 48.7 Å². The van der Waals surface area contributed by atoms with Crippen LogP contribution in [-0.4, -0.2) is 46.2 Å². The quantitative estimate of drug-likeness (QED) is 0.793. The maximum absolute atomic E-state index is 5.54. The summed E-state index contributed by atoms with van der Waals surface area (Å²) in [5.74, 6) is 0.787. The van der Waals surface area contributed by atoms with E-state index in [9.17, 15) is 0 Å². The molecule has 0 bridgehead atoms. The lowest BCUT2D eigenvalue weighted by Gasteiger charge is -2.36. The minimum Gasteiger partial charge on any atom is -0.345 e. The second kappa shape index (κ2) is 7.23. The van der Waals surface area contributed by atoms with Crippen LogP contribution in [0.1, 0.15) is 5.56 Å². The first-order valence-electron chi connectivity index (χ1n) is 7.47. The highest BCUT2D eigenvalue weighted by molar-refractivity contribution is 9.10. The fourth-order valence-corrected chi connectivity index (χ4v) is 3.04. The predicted molar refractivity (Wildman–Crippen MR) is 101 cm³/mol. The Labute approximate surface area is 149 Å². The third-order valence-corrected chi connectivity index (χ3v) is 5.06. The highest BCUT2D eigenvalue weighted by Crippen LogP contribution is 2.20. The lowest BCUT2D eigenvalue weighted by Crippen LogP contribution is -2.50. The van der Waals surface area contributed by atoms with E-state index < -0.39 is 0 Å². The third kappa shape index (κ3) is 3.97. The van der Waals surface area contributed by atoms with E-state index in [1.165, 1.54) is 5.56 Å². The summed E-state index contributed by atoms with van der Waals surface area (Å²) in [4.78, 5) is 13.0. The molecule has 1 aliphatic heterocycles. The zero-order valence-electron chi connectivity index (χ0n) is 12.9. The van der Waals surface area contributed by atoms with Gasteiger partial charge in [0.1, 0.15) is 0 Å². The summed E-state index contributed by atoms with van der Waals surface area (Å²) in [7, 11) is 0. The Kier molecular flexibility index (Phi) is 5.07. The number of rotatable bonds is 2. The molecule has 0 saturated carbocycles.